The average Bonchev–Trinajstić information content (AvgIpc) is 3.11. The van der Waals surface area contributed by atoms with Crippen LogP contribution in [0, 0.1) is 0 Å². The number of anilines is 1. The molecule has 8 nitrogen and oxygen atoms in total. The average molecular weight is 310 g/mol. The number of halogens is 1. The molecule has 0 amide bonds. The van der Waals surface area contributed by atoms with Crippen LogP contribution in [0.15, 0.2) is 22.8 Å². The summed E-state index contributed by atoms with van der Waals surface area (Å²) in [5.74, 6) is 1.25. The van der Waals surface area contributed by atoms with Crippen LogP contribution in [0.5, 0.6) is 6.01 Å². The Morgan fingerprint density at radius 1 is 1.38 bits per heavy atom. The highest BCUT2D eigenvalue weighted by atomic mass is 35.5. The smallest absolute Gasteiger partial charge is 0.296 e. The van der Waals surface area contributed by atoms with Gasteiger partial charge in [-0.25, -0.2) is 0 Å². The molecule has 0 bridgehead atoms. The Bertz CT molecular complexity index is 728. The van der Waals surface area contributed by atoms with Crippen molar-refractivity contribution >= 4 is 28.6 Å². The van der Waals surface area contributed by atoms with Gasteiger partial charge in [0.25, 0.3) is 6.01 Å². The summed E-state index contributed by atoms with van der Waals surface area (Å²) in [4.78, 5) is 15.2. The molecule has 0 saturated heterocycles. The lowest BCUT2D eigenvalue weighted by molar-refractivity contribution is 0.193. The number of nitrogens with one attached hydrogen (secondary N) is 2. The minimum atomic E-state index is -0.104. The Hall–Kier alpha value is -2.32. The van der Waals surface area contributed by atoms with Gasteiger partial charge in [0.1, 0.15) is 17.9 Å². The van der Waals surface area contributed by atoms with Gasteiger partial charge in [0.2, 0.25) is 5.28 Å². The number of aromatic amines is 1. The molecular formula is C12H12ClN5O3. The van der Waals surface area contributed by atoms with E-state index >= 15 is 0 Å². The van der Waals surface area contributed by atoms with E-state index < -0.39 is 0 Å². The summed E-state index contributed by atoms with van der Waals surface area (Å²) in [7, 11) is 0. The number of aliphatic hydroxyl groups is 1. The van der Waals surface area contributed by atoms with Crippen LogP contribution >= 0.6 is 11.6 Å². The third kappa shape index (κ3) is 3.06. The molecule has 9 heteroatoms. The van der Waals surface area contributed by atoms with Gasteiger partial charge in [0.15, 0.2) is 11.5 Å². The van der Waals surface area contributed by atoms with Crippen molar-refractivity contribution in [3.05, 3.63) is 29.4 Å². The molecule has 0 atom stereocenters. The summed E-state index contributed by atoms with van der Waals surface area (Å²) in [5.41, 5.74) is 0.948. The maximum Gasteiger partial charge on any atom is 0.296 e. The van der Waals surface area contributed by atoms with Gasteiger partial charge in [-0.2, -0.15) is 15.0 Å². The molecule has 0 fully saturated rings. The molecule has 3 rings (SSSR count). The topological polar surface area (TPSA) is 109 Å². The largest absolute Gasteiger partial charge is 0.467 e. The Morgan fingerprint density at radius 2 is 2.29 bits per heavy atom. The van der Waals surface area contributed by atoms with E-state index in [9.17, 15) is 0 Å². The third-order valence-electron chi connectivity index (χ3n) is 2.64. The van der Waals surface area contributed by atoms with E-state index in [1.54, 1.807) is 12.3 Å². The molecule has 21 heavy (non-hydrogen) atoms. The molecule has 0 unspecified atom stereocenters. The summed E-state index contributed by atoms with van der Waals surface area (Å²) in [5, 5.41) is 11.9. The number of furan rings is 1. The van der Waals surface area contributed by atoms with Crippen LogP contribution in [-0.4, -0.2) is 38.3 Å². The zero-order chi connectivity index (χ0) is 14.7. The molecule has 0 radical (unpaired) electrons. The van der Waals surface area contributed by atoms with E-state index in [2.05, 4.69) is 25.3 Å². The molecule has 0 aromatic carbocycles. The number of fused-ring (bicyclic) bond motifs is 1. The van der Waals surface area contributed by atoms with Crippen LogP contribution in [-0.2, 0) is 6.54 Å². The second-order valence-electron chi connectivity index (χ2n) is 4.09. The number of H-pyrrole nitrogens is 1. The van der Waals surface area contributed by atoms with E-state index in [4.69, 9.17) is 25.9 Å². The lowest BCUT2D eigenvalue weighted by atomic mass is 10.4. The van der Waals surface area contributed by atoms with Crippen LogP contribution in [0.2, 0.25) is 5.28 Å². The maximum absolute atomic E-state index is 8.75. The number of aromatic nitrogens is 4. The molecule has 3 N–H and O–H groups in total. The second-order valence-corrected chi connectivity index (χ2v) is 4.42. The van der Waals surface area contributed by atoms with Crippen molar-refractivity contribution in [1.29, 1.82) is 0 Å². The number of ether oxygens (including phenoxy) is 1. The van der Waals surface area contributed by atoms with Gasteiger partial charge in [0.05, 0.1) is 19.4 Å². The maximum atomic E-state index is 8.75. The molecule has 0 aliphatic rings. The summed E-state index contributed by atoms with van der Waals surface area (Å²) in [6, 6.07) is 3.89. The summed E-state index contributed by atoms with van der Waals surface area (Å²) < 4.78 is 10.5. The first kappa shape index (κ1) is 13.7. The molecular weight excluding hydrogens is 298 g/mol. The fraction of sp³-hybridized carbons (Fsp3) is 0.250. The first-order valence-corrected chi connectivity index (χ1v) is 6.57. The van der Waals surface area contributed by atoms with Crippen LogP contribution in [0.3, 0.4) is 0 Å². The number of hydrogen-bond donors (Lipinski definition) is 3. The Balaban J connectivity index is 1.87. The predicted molar refractivity (Wildman–Crippen MR) is 75.3 cm³/mol. The van der Waals surface area contributed by atoms with E-state index in [1.165, 1.54) is 0 Å². The fourth-order valence-electron chi connectivity index (χ4n) is 1.77. The highest BCUT2D eigenvalue weighted by Gasteiger charge is 2.13. The van der Waals surface area contributed by atoms with Gasteiger partial charge in [0, 0.05) is 0 Å². The van der Waals surface area contributed by atoms with Gasteiger partial charge in [-0.05, 0) is 23.7 Å². The highest BCUT2D eigenvalue weighted by Crippen LogP contribution is 2.23. The van der Waals surface area contributed by atoms with E-state index in [-0.39, 0.29) is 24.5 Å². The van der Waals surface area contributed by atoms with Gasteiger partial charge in [-0.1, -0.05) is 0 Å². The van der Waals surface area contributed by atoms with Crippen molar-refractivity contribution in [1.82, 2.24) is 19.9 Å². The molecule has 0 aliphatic carbocycles. The standard InChI is InChI=1S/C12H12ClN5O3/c13-11-16-9(14-6-7-2-1-4-20-7)8-10(17-11)18-12(15-8)21-5-3-19/h1-2,4,19H,3,5-6H2,(H2,14,15,16,17,18). The second kappa shape index (κ2) is 5.98. The number of hydrogen-bond acceptors (Lipinski definition) is 7. The predicted octanol–water partition coefficient (Wildman–Crippen LogP) is 1.58. The molecule has 0 aliphatic heterocycles. The third-order valence-corrected chi connectivity index (χ3v) is 2.81. The van der Waals surface area contributed by atoms with Crippen LogP contribution in [0.4, 0.5) is 5.82 Å². The monoisotopic (exact) mass is 309 g/mol. The van der Waals surface area contributed by atoms with Crippen molar-refractivity contribution in [2.24, 2.45) is 0 Å². The van der Waals surface area contributed by atoms with Crippen LogP contribution in [0.1, 0.15) is 5.76 Å². The molecule has 3 heterocycles. The van der Waals surface area contributed by atoms with E-state index in [1.807, 2.05) is 6.07 Å². The zero-order valence-electron chi connectivity index (χ0n) is 10.8. The minimum absolute atomic E-state index is 0.0738. The van der Waals surface area contributed by atoms with Crippen LogP contribution in [0.25, 0.3) is 11.2 Å². The molecule has 3 aromatic rings. The first-order valence-electron chi connectivity index (χ1n) is 6.19. The van der Waals surface area contributed by atoms with E-state index in [0.717, 1.165) is 5.76 Å². The Kier molecular flexibility index (Phi) is 3.89. The summed E-state index contributed by atoms with van der Waals surface area (Å²) >= 11 is 5.88. The summed E-state index contributed by atoms with van der Waals surface area (Å²) in [6.07, 6.45) is 1.59. The minimum Gasteiger partial charge on any atom is -0.467 e. The van der Waals surface area contributed by atoms with Crippen molar-refractivity contribution in [2.75, 3.05) is 18.5 Å². The number of nitrogens with zero attached hydrogens (tertiary/aromatic N) is 3. The van der Waals surface area contributed by atoms with E-state index in [0.29, 0.717) is 23.5 Å². The van der Waals surface area contributed by atoms with Crippen molar-refractivity contribution in [3.63, 3.8) is 0 Å². The normalized spacial score (nSPS) is 11.0. The van der Waals surface area contributed by atoms with Gasteiger partial charge in [-0.3, -0.25) is 0 Å². The van der Waals surface area contributed by atoms with Gasteiger partial charge >= 0.3 is 0 Å². The molecule has 110 valence electrons. The number of rotatable bonds is 6. The SMILES string of the molecule is OCCOc1nc2nc(Cl)nc(NCc3ccco3)c2[nH]1. The Labute approximate surface area is 124 Å². The fourth-order valence-corrected chi connectivity index (χ4v) is 1.94. The molecule has 0 saturated carbocycles. The number of imidazole rings is 1. The Morgan fingerprint density at radius 3 is 3.05 bits per heavy atom. The molecule has 0 spiro atoms. The molecule has 3 aromatic heterocycles. The lowest BCUT2D eigenvalue weighted by Gasteiger charge is -2.04. The van der Waals surface area contributed by atoms with Gasteiger partial charge in [-0.15, -0.1) is 0 Å². The quantitative estimate of drug-likeness (QED) is 0.593. The van der Waals surface area contributed by atoms with Crippen molar-refractivity contribution < 1.29 is 14.3 Å². The van der Waals surface area contributed by atoms with Crippen LogP contribution < -0.4 is 10.1 Å². The van der Waals surface area contributed by atoms with Gasteiger partial charge < -0.3 is 24.6 Å². The number of aliphatic hydroxyl groups excluding tert-OH is 1. The first-order chi connectivity index (χ1) is 10.3. The van der Waals surface area contributed by atoms with Crippen molar-refractivity contribution in [3.8, 4) is 6.01 Å². The van der Waals surface area contributed by atoms with Crippen molar-refractivity contribution in [2.45, 2.75) is 6.54 Å². The highest BCUT2D eigenvalue weighted by molar-refractivity contribution is 6.28. The zero-order valence-corrected chi connectivity index (χ0v) is 11.6. The summed E-state index contributed by atoms with van der Waals surface area (Å²) in [6.45, 7) is 0.477. The lowest BCUT2D eigenvalue weighted by Crippen LogP contribution is -2.03.